The van der Waals surface area contributed by atoms with Crippen molar-refractivity contribution in [1.29, 1.82) is 0 Å². The lowest BCUT2D eigenvalue weighted by Crippen LogP contribution is -2.34. The summed E-state index contributed by atoms with van der Waals surface area (Å²) in [5, 5.41) is 8.89. The number of nitrogens with one attached hydrogen (secondary N) is 1. The van der Waals surface area contributed by atoms with Crippen LogP contribution in [0.15, 0.2) is 17.1 Å². The lowest BCUT2D eigenvalue weighted by molar-refractivity contribution is -0.206. The maximum atomic E-state index is 12.3. The van der Waals surface area contributed by atoms with Gasteiger partial charge in [0.1, 0.15) is 25.1 Å². The van der Waals surface area contributed by atoms with Crippen molar-refractivity contribution >= 4 is 5.82 Å². The highest BCUT2D eigenvalue weighted by atomic mass is 16.8. The molecule has 152 valence electrons. The minimum Gasteiger partial charge on any atom is -0.355 e. The topological polar surface area (TPSA) is 113 Å². The zero-order chi connectivity index (χ0) is 19.4. The summed E-state index contributed by atoms with van der Waals surface area (Å²) in [4.78, 5) is 16.0. The number of ether oxygens (including phenoxy) is 5. The summed E-state index contributed by atoms with van der Waals surface area (Å²) < 4.78 is 30.2. The quantitative estimate of drug-likeness (QED) is 0.368. The van der Waals surface area contributed by atoms with Gasteiger partial charge in [-0.25, -0.2) is 4.79 Å². The van der Waals surface area contributed by atoms with Gasteiger partial charge in [0.15, 0.2) is 17.8 Å². The highest BCUT2D eigenvalue weighted by molar-refractivity contribution is 5.28. The van der Waals surface area contributed by atoms with Crippen molar-refractivity contribution < 1.29 is 28.9 Å². The van der Waals surface area contributed by atoms with Gasteiger partial charge in [0.05, 0.1) is 6.61 Å². The fraction of sp³-hybridized carbons (Fsp3) is 0.765. The number of nitrogens with zero attached hydrogens (tertiary/aromatic N) is 2. The number of hydrogen-bond donors (Lipinski definition) is 2. The van der Waals surface area contributed by atoms with Crippen LogP contribution in [-0.4, -0.2) is 58.9 Å². The first-order valence-electron chi connectivity index (χ1n) is 9.11. The summed E-state index contributed by atoms with van der Waals surface area (Å²) in [5.74, 6) is -0.740. The van der Waals surface area contributed by atoms with Crippen molar-refractivity contribution in [1.82, 2.24) is 9.55 Å². The minimum atomic E-state index is -0.795. The van der Waals surface area contributed by atoms with Crippen LogP contribution in [0.25, 0.3) is 0 Å². The van der Waals surface area contributed by atoms with Crippen LogP contribution in [0.5, 0.6) is 0 Å². The molecule has 1 aromatic heterocycles. The molecule has 2 saturated heterocycles. The Hall–Kier alpha value is -1.56. The fourth-order valence-electron chi connectivity index (χ4n) is 3.21. The zero-order valence-corrected chi connectivity index (χ0v) is 15.8. The van der Waals surface area contributed by atoms with E-state index in [1.165, 1.54) is 16.8 Å². The molecule has 0 amide bonds. The van der Waals surface area contributed by atoms with E-state index in [0.717, 1.165) is 12.8 Å². The largest absolute Gasteiger partial charge is 0.355 e. The van der Waals surface area contributed by atoms with Crippen molar-refractivity contribution in [3.63, 3.8) is 0 Å². The first-order chi connectivity index (χ1) is 12.9. The lowest BCUT2D eigenvalue weighted by atomic mass is 10.1. The third-order valence-electron chi connectivity index (χ3n) is 4.44. The van der Waals surface area contributed by atoms with Gasteiger partial charge in [-0.3, -0.25) is 15.3 Å². The number of unbranched alkanes of at least 4 members (excludes halogenated alkanes) is 1. The van der Waals surface area contributed by atoms with Crippen LogP contribution in [0.1, 0.15) is 39.8 Å². The Kier molecular flexibility index (Phi) is 6.45. The lowest BCUT2D eigenvalue weighted by Gasteiger charge is -2.24. The summed E-state index contributed by atoms with van der Waals surface area (Å²) in [7, 11) is 0. The Morgan fingerprint density at radius 2 is 2.11 bits per heavy atom. The SMILES string of the molecule is CCCCOCOC[C@H]1O[C@@H](n2ccc(NO)nc2=O)[C@@H]2OC(C)(C)O[C@@H]21. The molecule has 0 aliphatic carbocycles. The molecule has 10 heteroatoms. The Labute approximate surface area is 157 Å². The molecule has 10 nitrogen and oxygen atoms in total. The second-order valence-electron chi connectivity index (χ2n) is 6.99. The molecule has 0 bridgehead atoms. The van der Waals surface area contributed by atoms with Crippen LogP contribution in [0.3, 0.4) is 0 Å². The molecule has 0 unspecified atom stereocenters. The number of rotatable bonds is 9. The monoisotopic (exact) mass is 385 g/mol. The van der Waals surface area contributed by atoms with E-state index in [-0.39, 0.29) is 25.3 Å². The van der Waals surface area contributed by atoms with Crippen LogP contribution in [0, 0.1) is 0 Å². The Morgan fingerprint density at radius 3 is 2.81 bits per heavy atom. The third-order valence-corrected chi connectivity index (χ3v) is 4.44. The highest BCUT2D eigenvalue weighted by Gasteiger charge is 2.56. The molecule has 3 heterocycles. The van der Waals surface area contributed by atoms with Crippen LogP contribution in [0.2, 0.25) is 0 Å². The number of fused-ring (bicyclic) bond motifs is 1. The average molecular weight is 385 g/mol. The minimum absolute atomic E-state index is 0.0545. The fourth-order valence-corrected chi connectivity index (χ4v) is 3.21. The van der Waals surface area contributed by atoms with Crippen molar-refractivity contribution in [3.05, 3.63) is 22.7 Å². The normalized spacial score (nSPS) is 29.0. The maximum Gasteiger partial charge on any atom is 0.351 e. The highest BCUT2D eigenvalue weighted by Crippen LogP contribution is 2.42. The number of aromatic nitrogens is 2. The van der Waals surface area contributed by atoms with Crippen LogP contribution in [0.4, 0.5) is 5.82 Å². The molecule has 1 aromatic rings. The molecule has 2 fully saturated rings. The molecule has 27 heavy (non-hydrogen) atoms. The van der Waals surface area contributed by atoms with Gasteiger partial charge >= 0.3 is 5.69 Å². The van der Waals surface area contributed by atoms with Crippen LogP contribution in [-0.2, 0) is 23.7 Å². The summed E-state index contributed by atoms with van der Waals surface area (Å²) in [6, 6.07) is 1.46. The predicted octanol–water partition coefficient (Wildman–Crippen LogP) is 1.25. The molecule has 2 aliphatic heterocycles. The summed E-state index contributed by atoms with van der Waals surface area (Å²) in [6.07, 6.45) is 1.53. The van der Waals surface area contributed by atoms with Gasteiger partial charge in [0.2, 0.25) is 0 Å². The molecule has 0 spiro atoms. The van der Waals surface area contributed by atoms with Gasteiger partial charge in [-0.05, 0) is 26.3 Å². The number of hydrogen-bond acceptors (Lipinski definition) is 9. The van der Waals surface area contributed by atoms with Crippen LogP contribution >= 0.6 is 0 Å². The van der Waals surface area contributed by atoms with Crippen molar-refractivity contribution in [2.24, 2.45) is 0 Å². The standard InChI is InChI=1S/C17H27N3O7/c1-4-5-8-23-10-24-9-11-13-14(27-17(2,3)26-13)15(25-11)20-7-6-12(19-22)18-16(20)21/h6-7,11,13-15,22H,4-5,8-10H2,1-3H3,(H,18,19,21)/t11-,13-,14-,15-/m1/s1. The summed E-state index contributed by atoms with van der Waals surface area (Å²) >= 11 is 0. The van der Waals surface area contributed by atoms with E-state index in [9.17, 15) is 4.79 Å². The molecular formula is C17H27N3O7. The molecule has 3 rings (SSSR count). The molecule has 0 radical (unpaired) electrons. The van der Waals surface area contributed by atoms with Crippen molar-refractivity contribution in [2.75, 3.05) is 25.5 Å². The van der Waals surface area contributed by atoms with Crippen molar-refractivity contribution in [2.45, 2.75) is 63.9 Å². The van der Waals surface area contributed by atoms with Gasteiger partial charge in [-0.1, -0.05) is 13.3 Å². The van der Waals surface area contributed by atoms with Gasteiger partial charge in [0, 0.05) is 12.8 Å². The second kappa shape index (κ2) is 8.63. The molecule has 0 saturated carbocycles. The van der Waals surface area contributed by atoms with E-state index in [1.807, 2.05) is 19.3 Å². The molecule has 2 aliphatic rings. The second-order valence-corrected chi connectivity index (χ2v) is 6.99. The van der Waals surface area contributed by atoms with Gasteiger partial charge in [-0.15, -0.1) is 0 Å². The van der Waals surface area contributed by atoms with E-state index >= 15 is 0 Å². The van der Waals surface area contributed by atoms with E-state index in [4.69, 9.17) is 28.9 Å². The molecule has 0 aromatic carbocycles. The Morgan fingerprint density at radius 1 is 1.33 bits per heavy atom. The molecule has 2 N–H and O–H groups in total. The van der Waals surface area contributed by atoms with Gasteiger partial charge in [0.25, 0.3) is 0 Å². The smallest absolute Gasteiger partial charge is 0.351 e. The Bertz CT molecular complexity index is 681. The first kappa shape index (κ1) is 20.2. The van der Waals surface area contributed by atoms with E-state index in [2.05, 4.69) is 11.9 Å². The van der Waals surface area contributed by atoms with E-state index in [1.54, 1.807) is 0 Å². The zero-order valence-electron chi connectivity index (χ0n) is 15.8. The van der Waals surface area contributed by atoms with E-state index in [0.29, 0.717) is 6.61 Å². The van der Waals surface area contributed by atoms with Gasteiger partial charge in [-0.2, -0.15) is 4.98 Å². The summed E-state index contributed by atoms with van der Waals surface area (Å²) in [6.45, 7) is 6.79. The van der Waals surface area contributed by atoms with Crippen molar-refractivity contribution in [3.8, 4) is 0 Å². The molecular weight excluding hydrogens is 358 g/mol. The predicted molar refractivity (Wildman–Crippen MR) is 93.3 cm³/mol. The first-order valence-corrected chi connectivity index (χ1v) is 9.11. The van der Waals surface area contributed by atoms with Crippen LogP contribution < -0.4 is 11.2 Å². The third kappa shape index (κ3) is 4.65. The maximum absolute atomic E-state index is 12.3. The number of anilines is 1. The van der Waals surface area contributed by atoms with Gasteiger partial charge < -0.3 is 23.7 Å². The molecule has 4 atom stereocenters. The summed E-state index contributed by atoms with van der Waals surface area (Å²) in [5.41, 5.74) is 1.27. The average Bonchev–Trinajstić information content (AvgIpc) is 3.11. The van der Waals surface area contributed by atoms with E-state index < -0.39 is 29.9 Å². The Balaban J connectivity index is 1.68.